The van der Waals surface area contributed by atoms with Gasteiger partial charge in [0.05, 0.1) is 12.1 Å². The van der Waals surface area contributed by atoms with Crippen LogP contribution in [0, 0.1) is 13.8 Å². The molecule has 3 N–H and O–H groups in total. The number of hydrogen-bond donors (Lipinski definition) is 2. The highest BCUT2D eigenvalue weighted by Crippen LogP contribution is 2.28. The van der Waals surface area contributed by atoms with Gasteiger partial charge in [-0.1, -0.05) is 42.5 Å². The summed E-state index contributed by atoms with van der Waals surface area (Å²) >= 11 is 0. The van der Waals surface area contributed by atoms with Gasteiger partial charge in [-0.2, -0.15) is 0 Å². The molecule has 0 aliphatic heterocycles. The second-order valence-electron chi connectivity index (χ2n) is 5.52. The molecule has 0 aliphatic rings. The third-order valence-electron chi connectivity index (χ3n) is 3.61. The minimum atomic E-state index is -0.570. The molecule has 2 atom stereocenters. The second-order valence-corrected chi connectivity index (χ2v) is 5.52. The normalized spacial score (nSPS) is 13.8. The van der Waals surface area contributed by atoms with Gasteiger partial charge in [0, 0.05) is 0 Å². The van der Waals surface area contributed by atoms with Crippen molar-refractivity contribution in [3.8, 4) is 5.75 Å². The number of aliphatic hydroxyl groups excluding tert-OH is 1. The van der Waals surface area contributed by atoms with Crippen LogP contribution in [0.3, 0.4) is 0 Å². The summed E-state index contributed by atoms with van der Waals surface area (Å²) in [5.41, 5.74) is 10.2. The maximum Gasteiger partial charge on any atom is 0.125 e. The van der Waals surface area contributed by atoms with Crippen LogP contribution in [-0.4, -0.2) is 11.2 Å². The first-order valence-electron chi connectivity index (χ1n) is 7.20. The number of ether oxygens (including phenoxy) is 1. The third-order valence-corrected chi connectivity index (χ3v) is 3.61. The Morgan fingerprint density at radius 2 is 1.67 bits per heavy atom. The van der Waals surface area contributed by atoms with Crippen LogP contribution in [0.1, 0.15) is 35.2 Å². The lowest BCUT2D eigenvalue weighted by Crippen LogP contribution is -2.23. The summed E-state index contributed by atoms with van der Waals surface area (Å²) in [6.45, 7) is 6.26. The fourth-order valence-corrected chi connectivity index (χ4v) is 2.41. The monoisotopic (exact) mass is 285 g/mol. The molecule has 0 amide bonds. The number of aryl methyl sites for hydroxylation is 2. The van der Waals surface area contributed by atoms with Crippen molar-refractivity contribution in [2.75, 3.05) is 0 Å². The Morgan fingerprint density at radius 1 is 1.10 bits per heavy atom. The minimum Gasteiger partial charge on any atom is -0.488 e. The molecule has 0 fully saturated rings. The quantitative estimate of drug-likeness (QED) is 0.886. The molecule has 3 heteroatoms. The van der Waals surface area contributed by atoms with E-state index < -0.39 is 6.10 Å². The molecular formula is C18H23NO2. The standard InChI is InChI=1S/C18H23NO2/c1-12-9-16(17(19)14(3)20)10-13(2)18(12)21-11-15-7-5-4-6-8-15/h4-10,14,17,20H,11,19H2,1-3H3/t14-,17-/m0/s1. The van der Waals surface area contributed by atoms with Crippen molar-refractivity contribution in [1.29, 1.82) is 0 Å². The van der Waals surface area contributed by atoms with E-state index >= 15 is 0 Å². The number of nitrogens with two attached hydrogens (primary N) is 1. The summed E-state index contributed by atoms with van der Waals surface area (Å²) < 4.78 is 5.95. The zero-order valence-electron chi connectivity index (χ0n) is 12.8. The van der Waals surface area contributed by atoms with Gasteiger partial charge in [0.15, 0.2) is 0 Å². The van der Waals surface area contributed by atoms with Gasteiger partial charge in [0.1, 0.15) is 12.4 Å². The van der Waals surface area contributed by atoms with Crippen molar-refractivity contribution >= 4 is 0 Å². The fourth-order valence-electron chi connectivity index (χ4n) is 2.41. The molecule has 2 aromatic carbocycles. The van der Waals surface area contributed by atoms with Crippen LogP contribution in [0.2, 0.25) is 0 Å². The highest BCUT2D eigenvalue weighted by Gasteiger charge is 2.15. The van der Waals surface area contributed by atoms with E-state index in [0.717, 1.165) is 28.0 Å². The largest absolute Gasteiger partial charge is 0.488 e. The van der Waals surface area contributed by atoms with Gasteiger partial charge in [-0.15, -0.1) is 0 Å². The smallest absolute Gasteiger partial charge is 0.125 e. The maximum atomic E-state index is 9.62. The summed E-state index contributed by atoms with van der Waals surface area (Å²) in [5, 5.41) is 9.62. The molecule has 0 aliphatic carbocycles. The Bertz CT molecular complexity index is 570. The van der Waals surface area contributed by atoms with Gasteiger partial charge in [0.25, 0.3) is 0 Å². The first kappa shape index (κ1) is 15.5. The highest BCUT2D eigenvalue weighted by molar-refractivity contribution is 5.44. The number of rotatable bonds is 5. The van der Waals surface area contributed by atoms with Gasteiger partial charge >= 0.3 is 0 Å². The van der Waals surface area contributed by atoms with Crippen molar-refractivity contribution in [2.24, 2.45) is 5.73 Å². The lowest BCUT2D eigenvalue weighted by molar-refractivity contribution is 0.164. The Balaban J connectivity index is 2.17. The Kier molecular flexibility index (Phi) is 4.99. The first-order chi connectivity index (χ1) is 9.99. The SMILES string of the molecule is Cc1cc([C@@H](N)[C@H](C)O)cc(C)c1OCc1ccccc1. The molecule has 0 heterocycles. The number of hydrogen-bond acceptors (Lipinski definition) is 3. The Labute approximate surface area is 126 Å². The van der Waals surface area contributed by atoms with Crippen LogP contribution < -0.4 is 10.5 Å². The Hall–Kier alpha value is -1.84. The van der Waals surface area contributed by atoms with Crippen LogP contribution in [0.5, 0.6) is 5.75 Å². The molecule has 0 saturated heterocycles. The third kappa shape index (κ3) is 3.84. The van der Waals surface area contributed by atoms with E-state index in [-0.39, 0.29) is 6.04 Å². The van der Waals surface area contributed by atoms with Gasteiger partial charge in [0.2, 0.25) is 0 Å². The molecule has 0 bridgehead atoms. The van der Waals surface area contributed by atoms with Gasteiger partial charge in [-0.3, -0.25) is 0 Å². The van der Waals surface area contributed by atoms with E-state index in [1.807, 2.05) is 56.3 Å². The number of benzene rings is 2. The van der Waals surface area contributed by atoms with Crippen LogP contribution >= 0.6 is 0 Å². The molecule has 2 rings (SSSR count). The molecule has 2 aromatic rings. The van der Waals surface area contributed by atoms with Crippen molar-refractivity contribution in [2.45, 2.75) is 39.5 Å². The summed E-state index contributed by atoms with van der Waals surface area (Å²) in [4.78, 5) is 0. The lowest BCUT2D eigenvalue weighted by atomic mass is 9.98. The molecule has 0 saturated carbocycles. The van der Waals surface area contributed by atoms with E-state index in [1.54, 1.807) is 6.92 Å². The lowest BCUT2D eigenvalue weighted by Gasteiger charge is -2.19. The van der Waals surface area contributed by atoms with Gasteiger partial charge < -0.3 is 15.6 Å². The van der Waals surface area contributed by atoms with Crippen LogP contribution in [-0.2, 0) is 6.61 Å². The predicted molar refractivity (Wildman–Crippen MR) is 85.3 cm³/mol. The molecule has 21 heavy (non-hydrogen) atoms. The molecule has 0 radical (unpaired) electrons. The van der Waals surface area contributed by atoms with Crippen LogP contribution in [0.15, 0.2) is 42.5 Å². The van der Waals surface area contributed by atoms with E-state index in [4.69, 9.17) is 10.5 Å². The average Bonchev–Trinajstić information content (AvgIpc) is 2.46. The van der Waals surface area contributed by atoms with E-state index in [9.17, 15) is 5.11 Å². The van der Waals surface area contributed by atoms with Crippen molar-refractivity contribution in [3.05, 3.63) is 64.7 Å². The molecule has 0 spiro atoms. The topological polar surface area (TPSA) is 55.5 Å². The van der Waals surface area contributed by atoms with E-state index in [0.29, 0.717) is 6.61 Å². The summed E-state index contributed by atoms with van der Waals surface area (Å²) in [5.74, 6) is 0.889. The average molecular weight is 285 g/mol. The van der Waals surface area contributed by atoms with Crippen LogP contribution in [0.4, 0.5) is 0 Å². The molecular weight excluding hydrogens is 262 g/mol. The summed E-state index contributed by atoms with van der Waals surface area (Å²) in [7, 11) is 0. The van der Waals surface area contributed by atoms with Crippen molar-refractivity contribution < 1.29 is 9.84 Å². The van der Waals surface area contributed by atoms with Gasteiger partial charge in [-0.25, -0.2) is 0 Å². The van der Waals surface area contributed by atoms with Gasteiger partial charge in [-0.05, 0) is 43.0 Å². The molecule has 0 aromatic heterocycles. The fraction of sp³-hybridized carbons (Fsp3) is 0.333. The molecule has 3 nitrogen and oxygen atoms in total. The van der Waals surface area contributed by atoms with Crippen molar-refractivity contribution in [1.82, 2.24) is 0 Å². The van der Waals surface area contributed by atoms with E-state index in [1.165, 1.54) is 0 Å². The first-order valence-corrected chi connectivity index (χ1v) is 7.20. The van der Waals surface area contributed by atoms with Crippen molar-refractivity contribution in [3.63, 3.8) is 0 Å². The highest BCUT2D eigenvalue weighted by atomic mass is 16.5. The Morgan fingerprint density at radius 3 is 2.19 bits per heavy atom. The molecule has 0 unspecified atom stereocenters. The number of aliphatic hydroxyl groups is 1. The second kappa shape index (κ2) is 6.74. The zero-order valence-corrected chi connectivity index (χ0v) is 12.8. The van der Waals surface area contributed by atoms with Crippen LogP contribution in [0.25, 0.3) is 0 Å². The van der Waals surface area contributed by atoms with E-state index in [2.05, 4.69) is 0 Å². The minimum absolute atomic E-state index is 0.370. The maximum absolute atomic E-state index is 9.62. The molecule has 112 valence electrons. The predicted octanol–water partition coefficient (Wildman–Crippen LogP) is 3.26. The summed E-state index contributed by atoms with van der Waals surface area (Å²) in [6.07, 6.45) is -0.570. The zero-order chi connectivity index (χ0) is 15.4. The summed E-state index contributed by atoms with van der Waals surface area (Å²) in [6, 6.07) is 13.7.